The first-order valence-electron chi connectivity index (χ1n) is 5.39. The summed E-state index contributed by atoms with van der Waals surface area (Å²) in [6.45, 7) is 10.3. The third kappa shape index (κ3) is 9.18. The summed E-state index contributed by atoms with van der Waals surface area (Å²) < 4.78 is 9.97. The van der Waals surface area contributed by atoms with E-state index in [-0.39, 0.29) is 10.9 Å². The Kier molecular flexibility index (Phi) is 9.59. The molecule has 0 aliphatic rings. The first-order valence-corrected chi connectivity index (χ1v) is 7.48. The van der Waals surface area contributed by atoms with Crippen molar-refractivity contribution in [2.75, 3.05) is 11.5 Å². The maximum atomic E-state index is 10.9. The van der Waals surface area contributed by atoms with E-state index in [2.05, 4.69) is 13.2 Å². The van der Waals surface area contributed by atoms with Crippen molar-refractivity contribution in [2.24, 2.45) is 0 Å². The molecule has 0 bridgehead atoms. The van der Waals surface area contributed by atoms with Crippen LogP contribution in [-0.2, 0) is 19.1 Å². The molecule has 0 aromatic heterocycles. The van der Waals surface area contributed by atoms with Crippen LogP contribution < -0.4 is 0 Å². The highest BCUT2D eigenvalue weighted by molar-refractivity contribution is 8.03. The van der Waals surface area contributed by atoms with Gasteiger partial charge in [-0.15, -0.1) is 23.5 Å². The van der Waals surface area contributed by atoms with Gasteiger partial charge in [-0.1, -0.05) is 13.2 Å². The van der Waals surface area contributed by atoms with Gasteiger partial charge in [-0.2, -0.15) is 0 Å². The van der Waals surface area contributed by atoms with Crippen molar-refractivity contribution in [2.45, 2.75) is 24.7 Å². The van der Waals surface area contributed by atoms with Crippen LogP contribution >= 0.6 is 23.5 Å². The second-order valence-corrected chi connectivity index (χ2v) is 5.97. The van der Waals surface area contributed by atoms with Gasteiger partial charge in [0.05, 0.1) is 0 Å². The highest BCUT2D eigenvalue weighted by Gasteiger charge is 2.09. The standard InChI is InChI=1S/C12H18O4S2/c1-5-11(13)15-9(3)17-7-8-18-10(4)16-12(14)6-2/h5-6,9-10H,1-2,7-8H2,3-4H3. The Hall–Kier alpha value is -0.880. The van der Waals surface area contributed by atoms with E-state index in [1.54, 1.807) is 13.8 Å². The van der Waals surface area contributed by atoms with Crippen molar-refractivity contribution in [3.05, 3.63) is 25.3 Å². The summed E-state index contributed by atoms with van der Waals surface area (Å²) in [5, 5.41) is 0. The minimum Gasteiger partial charge on any atom is -0.448 e. The first kappa shape index (κ1) is 17.1. The summed E-state index contributed by atoms with van der Waals surface area (Å²) >= 11 is 3.03. The fourth-order valence-electron chi connectivity index (χ4n) is 0.920. The monoisotopic (exact) mass is 290 g/mol. The van der Waals surface area contributed by atoms with Gasteiger partial charge in [0.25, 0.3) is 0 Å². The van der Waals surface area contributed by atoms with E-state index in [9.17, 15) is 9.59 Å². The van der Waals surface area contributed by atoms with Gasteiger partial charge >= 0.3 is 11.9 Å². The number of hydrogen-bond acceptors (Lipinski definition) is 6. The lowest BCUT2D eigenvalue weighted by Gasteiger charge is -2.13. The molecule has 2 atom stereocenters. The number of ether oxygens (including phenoxy) is 2. The van der Waals surface area contributed by atoms with Gasteiger partial charge < -0.3 is 9.47 Å². The Bertz CT molecular complexity index is 274. The molecule has 0 aliphatic heterocycles. The van der Waals surface area contributed by atoms with E-state index in [0.717, 1.165) is 23.7 Å². The minimum atomic E-state index is -0.420. The van der Waals surface area contributed by atoms with E-state index < -0.39 is 11.9 Å². The van der Waals surface area contributed by atoms with Crippen molar-refractivity contribution in [3.8, 4) is 0 Å². The SMILES string of the molecule is C=CC(=O)OC(C)SCCSC(C)OC(=O)C=C. The van der Waals surface area contributed by atoms with E-state index in [1.165, 1.54) is 23.5 Å². The normalized spacial score (nSPS) is 13.2. The van der Waals surface area contributed by atoms with Crippen LogP contribution in [0, 0.1) is 0 Å². The number of carbonyl (C=O) groups is 2. The van der Waals surface area contributed by atoms with Gasteiger partial charge in [-0.3, -0.25) is 0 Å². The molecule has 102 valence electrons. The Morgan fingerprint density at radius 3 is 1.61 bits per heavy atom. The van der Waals surface area contributed by atoms with Crippen molar-refractivity contribution >= 4 is 35.5 Å². The van der Waals surface area contributed by atoms with Gasteiger partial charge in [0.1, 0.15) is 10.9 Å². The number of carbonyl (C=O) groups excluding carboxylic acids is 2. The number of rotatable bonds is 9. The van der Waals surface area contributed by atoms with Crippen LogP contribution in [0.1, 0.15) is 13.8 Å². The molecular formula is C12H18O4S2. The lowest BCUT2D eigenvalue weighted by Crippen LogP contribution is -2.12. The molecule has 6 heteroatoms. The molecule has 0 spiro atoms. The summed E-state index contributed by atoms with van der Waals surface area (Å²) in [5.41, 5.74) is -0.413. The Morgan fingerprint density at radius 2 is 1.33 bits per heavy atom. The van der Waals surface area contributed by atoms with E-state index in [4.69, 9.17) is 9.47 Å². The molecule has 0 amide bonds. The highest BCUT2D eigenvalue weighted by atomic mass is 32.2. The average molecular weight is 290 g/mol. The molecule has 18 heavy (non-hydrogen) atoms. The van der Waals surface area contributed by atoms with Crippen LogP contribution in [0.4, 0.5) is 0 Å². The van der Waals surface area contributed by atoms with E-state index >= 15 is 0 Å². The maximum absolute atomic E-state index is 10.9. The van der Waals surface area contributed by atoms with Crippen LogP contribution in [0.15, 0.2) is 25.3 Å². The second kappa shape index (κ2) is 10.1. The molecular weight excluding hydrogens is 272 g/mol. The molecule has 0 N–H and O–H groups in total. The predicted molar refractivity (Wildman–Crippen MR) is 76.4 cm³/mol. The Balaban J connectivity index is 3.60. The fourth-order valence-corrected chi connectivity index (χ4v) is 2.68. The van der Waals surface area contributed by atoms with Gasteiger partial charge in [0.2, 0.25) is 0 Å². The van der Waals surface area contributed by atoms with Crippen LogP contribution in [-0.4, -0.2) is 34.3 Å². The summed E-state index contributed by atoms with van der Waals surface area (Å²) in [5.74, 6) is 0.755. The van der Waals surface area contributed by atoms with Crippen molar-refractivity contribution in [1.82, 2.24) is 0 Å². The lowest BCUT2D eigenvalue weighted by atomic mass is 10.6. The highest BCUT2D eigenvalue weighted by Crippen LogP contribution is 2.18. The van der Waals surface area contributed by atoms with Crippen LogP contribution in [0.3, 0.4) is 0 Å². The topological polar surface area (TPSA) is 52.6 Å². The second-order valence-electron chi connectivity index (χ2n) is 3.16. The summed E-state index contributed by atoms with van der Waals surface area (Å²) in [7, 11) is 0. The average Bonchev–Trinajstić information content (AvgIpc) is 2.34. The van der Waals surface area contributed by atoms with Crippen LogP contribution in [0.25, 0.3) is 0 Å². The largest absolute Gasteiger partial charge is 0.448 e. The number of thioether (sulfide) groups is 2. The summed E-state index contributed by atoms with van der Waals surface area (Å²) in [6, 6.07) is 0. The molecule has 4 nitrogen and oxygen atoms in total. The van der Waals surface area contributed by atoms with Crippen LogP contribution in [0.2, 0.25) is 0 Å². The Morgan fingerprint density at radius 1 is 1.00 bits per heavy atom. The quantitative estimate of drug-likeness (QED) is 0.281. The summed E-state index contributed by atoms with van der Waals surface area (Å²) in [4.78, 5) is 21.8. The third-order valence-corrected chi connectivity index (χ3v) is 3.96. The zero-order valence-electron chi connectivity index (χ0n) is 10.6. The van der Waals surface area contributed by atoms with Gasteiger partial charge in [-0.05, 0) is 13.8 Å². The van der Waals surface area contributed by atoms with Gasteiger partial charge in [-0.25, -0.2) is 9.59 Å². The number of hydrogen-bond donors (Lipinski definition) is 0. The van der Waals surface area contributed by atoms with Crippen LogP contribution in [0.5, 0.6) is 0 Å². The maximum Gasteiger partial charge on any atom is 0.331 e. The molecule has 0 aromatic rings. The van der Waals surface area contributed by atoms with E-state index in [0.29, 0.717) is 0 Å². The van der Waals surface area contributed by atoms with Gasteiger partial charge in [0, 0.05) is 23.7 Å². The third-order valence-electron chi connectivity index (χ3n) is 1.69. The lowest BCUT2D eigenvalue weighted by molar-refractivity contribution is -0.139. The fraction of sp³-hybridized carbons (Fsp3) is 0.500. The molecule has 2 unspecified atom stereocenters. The molecule has 0 heterocycles. The molecule has 0 fully saturated rings. The van der Waals surface area contributed by atoms with Crippen molar-refractivity contribution < 1.29 is 19.1 Å². The smallest absolute Gasteiger partial charge is 0.331 e. The number of esters is 2. The van der Waals surface area contributed by atoms with Crippen molar-refractivity contribution in [1.29, 1.82) is 0 Å². The van der Waals surface area contributed by atoms with E-state index in [1.807, 2.05) is 0 Å². The Labute approximate surface area is 116 Å². The molecule has 0 saturated carbocycles. The molecule has 0 saturated heterocycles. The van der Waals surface area contributed by atoms with Gasteiger partial charge in [0.15, 0.2) is 0 Å². The zero-order chi connectivity index (χ0) is 14.0. The van der Waals surface area contributed by atoms with Crippen molar-refractivity contribution in [3.63, 3.8) is 0 Å². The zero-order valence-corrected chi connectivity index (χ0v) is 12.2. The molecule has 0 aliphatic carbocycles. The molecule has 0 radical (unpaired) electrons. The summed E-state index contributed by atoms with van der Waals surface area (Å²) in [6.07, 6.45) is 2.28. The first-order chi connectivity index (χ1) is 8.49. The molecule has 0 rings (SSSR count). The molecule has 0 aromatic carbocycles. The minimum absolute atomic E-state index is 0.206. The predicted octanol–water partition coefficient (Wildman–Crippen LogP) is 2.60.